The van der Waals surface area contributed by atoms with Gasteiger partial charge in [0.25, 0.3) is 0 Å². The van der Waals surface area contributed by atoms with Crippen LogP contribution in [0.25, 0.3) is 0 Å². The summed E-state index contributed by atoms with van der Waals surface area (Å²) < 4.78 is 0. The highest BCUT2D eigenvalue weighted by molar-refractivity contribution is 5.27. The highest BCUT2D eigenvalue weighted by Gasteiger charge is 1.97. The summed E-state index contributed by atoms with van der Waals surface area (Å²) in [6.45, 7) is 4.44. The minimum atomic E-state index is 0.469. The Bertz CT molecular complexity index is 307. The van der Waals surface area contributed by atoms with Crippen LogP contribution < -0.4 is 5.32 Å². The van der Waals surface area contributed by atoms with E-state index in [9.17, 15) is 0 Å². The largest absolute Gasteiger partial charge is 0.353 e. The van der Waals surface area contributed by atoms with Crippen molar-refractivity contribution in [2.45, 2.75) is 20.3 Å². The van der Waals surface area contributed by atoms with E-state index in [0.717, 1.165) is 11.4 Å². The molecule has 0 aliphatic heterocycles. The molecule has 0 fully saturated rings. The standard InChI is InChI=1S/C9H12N4/c1-7-6-8(2)13-9(12-7)11-5-3-4-10/h6H,3,5H2,1-2H3,(H,11,12,13). The second kappa shape index (κ2) is 4.41. The number of rotatable bonds is 3. The molecule has 0 bridgehead atoms. The Morgan fingerprint density at radius 2 is 2.00 bits per heavy atom. The van der Waals surface area contributed by atoms with E-state index >= 15 is 0 Å². The molecule has 0 aliphatic rings. The quantitative estimate of drug-likeness (QED) is 0.707. The molecule has 0 amide bonds. The molecule has 0 radical (unpaired) electrons. The second-order valence-electron chi connectivity index (χ2n) is 2.81. The highest BCUT2D eigenvalue weighted by Crippen LogP contribution is 2.02. The Kier molecular flexibility index (Phi) is 3.21. The maximum absolute atomic E-state index is 8.32. The number of hydrogen-bond donors (Lipinski definition) is 1. The summed E-state index contributed by atoms with van der Waals surface area (Å²) in [6.07, 6.45) is 0.469. The Morgan fingerprint density at radius 3 is 2.54 bits per heavy atom. The van der Waals surface area contributed by atoms with Crippen molar-refractivity contribution in [2.24, 2.45) is 0 Å². The molecule has 0 aliphatic carbocycles. The minimum Gasteiger partial charge on any atom is -0.353 e. The maximum atomic E-state index is 8.32. The van der Waals surface area contributed by atoms with E-state index in [1.54, 1.807) is 0 Å². The van der Waals surface area contributed by atoms with E-state index in [-0.39, 0.29) is 0 Å². The van der Waals surface area contributed by atoms with Crippen molar-refractivity contribution in [2.75, 3.05) is 11.9 Å². The molecule has 0 saturated heterocycles. The molecule has 0 saturated carbocycles. The summed E-state index contributed by atoms with van der Waals surface area (Å²) in [7, 11) is 0. The number of aromatic nitrogens is 2. The molecule has 4 nitrogen and oxygen atoms in total. The van der Waals surface area contributed by atoms with E-state index in [1.165, 1.54) is 0 Å². The fraction of sp³-hybridized carbons (Fsp3) is 0.444. The lowest BCUT2D eigenvalue weighted by molar-refractivity contribution is 0.988. The van der Waals surface area contributed by atoms with Crippen molar-refractivity contribution in [3.05, 3.63) is 17.5 Å². The molecule has 0 aromatic carbocycles. The van der Waals surface area contributed by atoms with Crippen LogP contribution in [0.15, 0.2) is 6.07 Å². The number of nitriles is 1. The zero-order chi connectivity index (χ0) is 9.68. The van der Waals surface area contributed by atoms with Crippen LogP contribution in [0.5, 0.6) is 0 Å². The molecule has 68 valence electrons. The van der Waals surface area contributed by atoms with Gasteiger partial charge in [-0.1, -0.05) is 0 Å². The van der Waals surface area contributed by atoms with E-state index < -0.39 is 0 Å². The molecule has 13 heavy (non-hydrogen) atoms. The van der Waals surface area contributed by atoms with Gasteiger partial charge in [-0.3, -0.25) is 0 Å². The van der Waals surface area contributed by atoms with E-state index in [2.05, 4.69) is 15.3 Å². The van der Waals surface area contributed by atoms with Crippen LogP contribution >= 0.6 is 0 Å². The van der Waals surface area contributed by atoms with Gasteiger partial charge in [0.05, 0.1) is 12.5 Å². The van der Waals surface area contributed by atoms with Crippen LogP contribution in [0.4, 0.5) is 5.95 Å². The summed E-state index contributed by atoms with van der Waals surface area (Å²) in [5.41, 5.74) is 1.87. The molecule has 1 aromatic heterocycles. The molecule has 1 N–H and O–H groups in total. The molecule has 1 rings (SSSR count). The van der Waals surface area contributed by atoms with Gasteiger partial charge >= 0.3 is 0 Å². The fourth-order valence-corrected chi connectivity index (χ4v) is 1.04. The van der Waals surface area contributed by atoms with Gasteiger partial charge in [0.1, 0.15) is 0 Å². The second-order valence-corrected chi connectivity index (χ2v) is 2.81. The van der Waals surface area contributed by atoms with Crippen LogP contribution in [0, 0.1) is 25.2 Å². The van der Waals surface area contributed by atoms with Gasteiger partial charge < -0.3 is 5.32 Å². The lowest BCUT2D eigenvalue weighted by atomic mass is 10.3. The average molecular weight is 176 g/mol. The summed E-state index contributed by atoms with van der Waals surface area (Å²) in [4.78, 5) is 8.35. The van der Waals surface area contributed by atoms with Crippen LogP contribution in [-0.4, -0.2) is 16.5 Å². The van der Waals surface area contributed by atoms with Crippen LogP contribution in [0.2, 0.25) is 0 Å². The van der Waals surface area contributed by atoms with Gasteiger partial charge in [-0.25, -0.2) is 9.97 Å². The number of aryl methyl sites for hydroxylation is 2. The molecular weight excluding hydrogens is 164 g/mol. The van der Waals surface area contributed by atoms with Gasteiger partial charge in [0.2, 0.25) is 5.95 Å². The van der Waals surface area contributed by atoms with Crippen molar-refractivity contribution in [3.8, 4) is 6.07 Å². The maximum Gasteiger partial charge on any atom is 0.223 e. The Hall–Kier alpha value is -1.63. The third-order valence-electron chi connectivity index (χ3n) is 1.50. The number of nitrogens with zero attached hydrogens (tertiary/aromatic N) is 3. The first-order chi connectivity index (χ1) is 6.22. The monoisotopic (exact) mass is 176 g/mol. The van der Waals surface area contributed by atoms with Crippen molar-refractivity contribution in [1.29, 1.82) is 5.26 Å². The van der Waals surface area contributed by atoms with Crippen molar-refractivity contribution in [3.63, 3.8) is 0 Å². The summed E-state index contributed by atoms with van der Waals surface area (Å²) in [6, 6.07) is 3.96. The van der Waals surface area contributed by atoms with E-state index in [4.69, 9.17) is 5.26 Å². The van der Waals surface area contributed by atoms with Gasteiger partial charge in [-0.2, -0.15) is 5.26 Å². The van der Waals surface area contributed by atoms with Crippen molar-refractivity contribution >= 4 is 5.95 Å². The minimum absolute atomic E-state index is 0.469. The van der Waals surface area contributed by atoms with Crippen LogP contribution in [-0.2, 0) is 0 Å². The molecule has 0 atom stereocenters. The van der Waals surface area contributed by atoms with Gasteiger partial charge in [-0.05, 0) is 19.9 Å². The first-order valence-electron chi connectivity index (χ1n) is 4.15. The zero-order valence-corrected chi connectivity index (χ0v) is 7.83. The Morgan fingerprint density at radius 1 is 1.38 bits per heavy atom. The van der Waals surface area contributed by atoms with E-state index in [0.29, 0.717) is 18.9 Å². The van der Waals surface area contributed by atoms with Crippen molar-refractivity contribution in [1.82, 2.24) is 9.97 Å². The summed E-state index contributed by atoms with van der Waals surface area (Å²) >= 11 is 0. The number of hydrogen-bond acceptors (Lipinski definition) is 4. The fourth-order valence-electron chi connectivity index (χ4n) is 1.04. The highest BCUT2D eigenvalue weighted by atomic mass is 15.1. The lowest BCUT2D eigenvalue weighted by Gasteiger charge is -2.03. The van der Waals surface area contributed by atoms with E-state index in [1.807, 2.05) is 26.0 Å². The van der Waals surface area contributed by atoms with Gasteiger partial charge in [0, 0.05) is 17.9 Å². The SMILES string of the molecule is Cc1cc(C)nc(NCCC#N)n1. The average Bonchev–Trinajstić information content (AvgIpc) is 2.03. The molecule has 1 heterocycles. The van der Waals surface area contributed by atoms with Gasteiger partial charge in [0.15, 0.2) is 0 Å². The topological polar surface area (TPSA) is 61.6 Å². The smallest absolute Gasteiger partial charge is 0.223 e. The third-order valence-corrected chi connectivity index (χ3v) is 1.50. The predicted molar refractivity (Wildman–Crippen MR) is 50.2 cm³/mol. The molecule has 1 aromatic rings. The normalized spacial score (nSPS) is 9.31. The summed E-state index contributed by atoms with van der Waals surface area (Å²) in [5.74, 6) is 0.604. The zero-order valence-electron chi connectivity index (χ0n) is 7.83. The predicted octanol–water partition coefficient (Wildman–Crippen LogP) is 1.42. The van der Waals surface area contributed by atoms with Crippen LogP contribution in [0.3, 0.4) is 0 Å². The van der Waals surface area contributed by atoms with Gasteiger partial charge in [-0.15, -0.1) is 0 Å². The number of nitrogens with one attached hydrogen (secondary N) is 1. The molecular formula is C9H12N4. The molecule has 0 spiro atoms. The molecule has 4 heteroatoms. The molecule has 0 unspecified atom stereocenters. The Labute approximate surface area is 77.6 Å². The Balaban J connectivity index is 2.62. The van der Waals surface area contributed by atoms with Crippen molar-refractivity contribution < 1.29 is 0 Å². The third kappa shape index (κ3) is 3.08. The van der Waals surface area contributed by atoms with Crippen LogP contribution in [0.1, 0.15) is 17.8 Å². The number of anilines is 1. The summed E-state index contributed by atoms with van der Waals surface area (Å²) in [5, 5.41) is 11.3. The first-order valence-corrected chi connectivity index (χ1v) is 4.15. The first kappa shape index (κ1) is 9.46. The lowest BCUT2D eigenvalue weighted by Crippen LogP contribution is -2.06.